The van der Waals surface area contributed by atoms with Crippen LogP contribution in [0.3, 0.4) is 0 Å². The zero-order valence-electron chi connectivity index (χ0n) is 11.1. The Morgan fingerprint density at radius 1 is 1.25 bits per heavy atom. The van der Waals surface area contributed by atoms with E-state index in [9.17, 15) is 9.18 Å². The van der Waals surface area contributed by atoms with Crippen molar-refractivity contribution in [1.82, 2.24) is 0 Å². The molecule has 0 saturated heterocycles. The summed E-state index contributed by atoms with van der Waals surface area (Å²) in [6, 6.07) is 7.71. The van der Waals surface area contributed by atoms with E-state index >= 15 is 0 Å². The molecule has 0 saturated carbocycles. The molecule has 0 fully saturated rings. The molecule has 0 radical (unpaired) electrons. The van der Waals surface area contributed by atoms with Crippen molar-refractivity contribution >= 4 is 33.2 Å². The third-order valence-corrected chi connectivity index (χ3v) is 3.57. The van der Waals surface area contributed by atoms with Gasteiger partial charge in [-0.2, -0.15) is 0 Å². The standard InChI is InChI=1S/C15H14BrFN2O/c1-8-5-12(16)14(13(18)6-8)19-15(20)11-7-10(17)4-3-9(11)2/h3-7H,18H2,1-2H3,(H,19,20). The highest BCUT2D eigenvalue weighted by Gasteiger charge is 2.14. The fraction of sp³-hybridized carbons (Fsp3) is 0.133. The third kappa shape index (κ3) is 2.99. The number of anilines is 2. The minimum absolute atomic E-state index is 0.289. The first-order valence-corrected chi connectivity index (χ1v) is 6.81. The molecule has 2 aromatic rings. The van der Waals surface area contributed by atoms with Crippen LogP contribution in [0.5, 0.6) is 0 Å². The summed E-state index contributed by atoms with van der Waals surface area (Å²) >= 11 is 3.36. The van der Waals surface area contributed by atoms with Gasteiger partial charge >= 0.3 is 0 Å². The summed E-state index contributed by atoms with van der Waals surface area (Å²) < 4.78 is 13.9. The lowest BCUT2D eigenvalue weighted by atomic mass is 10.1. The number of aryl methyl sites for hydroxylation is 2. The molecule has 0 heterocycles. The third-order valence-electron chi connectivity index (χ3n) is 2.95. The maximum absolute atomic E-state index is 13.2. The van der Waals surface area contributed by atoms with Gasteiger partial charge in [-0.25, -0.2) is 4.39 Å². The van der Waals surface area contributed by atoms with Gasteiger partial charge in [-0.1, -0.05) is 6.07 Å². The van der Waals surface area contributed by atoms with Gasteiger partial charge in [-0.15, -0.1) is 0 Å². The Hall–Kier alpha value is -1.88. The highest BCUT2D eigenvalue weighted by Crippen LogP contribution is 2.30. The molecule has 1 amide bonds. The lowest BCUT2D eigenvalue weighted by Crippen LogP contribution is -2.15. The van der Waals surface area contributed by atoms with Gasteiger partial charge in [-0.3, -0.25) is 4.79 Å². The second kappa shape index (κ2) is 5.63. The Morgan fingerprint density at radius 3 is 2.60 bits per heavy atom. The van der Waals surface area contributed by atoms with Crippen molar-refractivity contribution in [2.24, 2.45) is 0 Å². The molecule has 0 atom stereocenters. The van der Waals surface area contributed by atoms with Crippen LogP contribution in [-0.4, -0.2) is 5.91 Å². The van der Waals surface area contributed by atoms with Crippen molar-refractivity contribution in [3.63, 3.8) is 0 Å². The van der Waals surface area contributed by atoms with Crippen LogP contribution in [0.4, 0.5) is 15.8 Å². The van der Waals surface area contributed by atoms with E-state index in [1.165, 1.54) is 12.1 Å². The average Bonchev–Trinajstić information content (AvgIpc) is 2.36. The molecule has 0 aliphatic heterocycles. The summed E-state index contributed by atoms with van der Waals surface area (Å²) in [6.45, 7) is 3.66. The van der Waals surface area contributed by atoms with E-state index in [0.717, 1.165) is 5.56 Å². The summed E-state index contributed by atoms with van der Waals surface area (Å²) in [5.74, 6) is -0.838. The normalized spacial score (nSPS) is 10.4. The van der Waals surface area contributed by atoms with Crippen LogP contribution in [0.25, 0.3) is 0 Å². The maximum atomic E-state index is 13.2. The van der Waals surface area contributed by atoms with Gasteiger partial charge < -0.3 is 11.1 Å². The van der Waals surface area contributed by atoms with Crippen LogP contribution in [-0.2, 0) is 0 Å². The summed E-state index contributed by atoms with van der Waals surface area (Å²) in [5, 5.41) is 2.71. The lowest BCUT2D eigenvalue weighted by Gasteiger charge is -2.12. The highest BCUT2D eigenvalue weighted by atomic mass is 79.9. The number of amides is 1. The zero-order chi connectivity index (χ0) is 14.9. The van der Waals surface area contributed by atoms with Crippen LogP contribution in [0.2, 0.25) is 0 Å². The van der Waals surface area contributed by atoms with E-state index in [1.54, 1.807) is 19.1 Å². The topological polar surface area (TPSA) is 55.1 Å². The smallest absolute Gasteiger partial charge is 0.256 e. The lowest BCUT2D eigenvalue weighted by molar-refractivity contribution is 0.102. The van der Waals surface area contributed by atoms with Gasteiger partial charge in [0.15, 0.2) is 0 Å². The molecule has 0 bridgehead atoms. The number of hydrogen-bond donors (Lipinski definition) is 2. The fourth-order valence-corrected chi connectivity index (χ4v) is 2.61. The minimum atomic E-state index is -0.448. The first-order chi connectivity index (χ1) is 9.38. The molecule has 5 heteroatoms. The van der Waals surface area contributed by atoms with E-state index in [-0.39, 0.29) is 5.56 Å². The Balaban J connectivity index is 2.35. The van der Waals surface area contributed by atoms with Crippen molar-refractivity contribution in [2.45, 2.75) is 13.8 Å². The van der Waals surface area contributed by atoms with Gasteiger partial charge in [0.1, 0.15) is 5.82 Å². The van der Waals surface area contributed by atoms with Gasteiger partial charge in [-0.05, 0) is 65.2 Å². The van der Waals surface area contributed by atoms with E-state index in [4.69, 9.17) is 5.73 Å². The summed E-state index contributed by atoms with van der Waals surface area (Å²) in [5.41, 5.74) is 8.81. The SMILES string of the molecule is Cc1cc(N)c(NC(=O)c2cc(F)ccc2C)c(Br)c1. The monoisotopic (exact) mass is 336 g/mol. The molecule has 2 rings (SSSR count). The number of hydrogen-bond acceptors (Lipinski definition) is 2. The molecular formula is C15H14BrFN2O. The molecule has 0 aromatic heterocycles. The molecule has 20 heavy (non-hydrogen) atoms. The van der Waals surface area contributed by atoms with E-state index < -0.39 is 11.7 Å². The number of nitrogen functional groups attached to an aromatic ring is 1. The first-order valence-electron chi connectivity index (χ1n) is 6.01. The van der Waals surface area contributed by atoms with Crippen molar-refractivity contribution < 1.29 is 9.18 Å². The van der Waals surface area contributed by atoms with E-state index in [0.29, 0.717) is 21.4 Å². The molecule has 2 aromatic carbocycles. The van der Waals surface area contributed by atoms with Gasteiger partial charge in [0.05, 0.1) is 11.4 Å². The number of nitrogens with two attached hydrogens (primary N) is 1. The number of nitrogens with one attached hydrogen (secondary N) is 1. The first kappa shape index (κ1) is 14.5. The Bertz CT molecular complexity index is 663. The predicted octanol–water partition coefficient (Wildman–Crippen LogP) is 4.04. The largest absolute Gasteiger partial charge is 0.397 e. The molecule has 0 unspecified atom stereocenters. The second-order valence-corrected chi connectivity index (χ2v) is 5.48. The Kier molecular flexibility index (Phi) is 4.09. The highest BCUT2D eigenvalue weighted by molar-refractivity contribution is 9.10. The molecule has 3 nitrogen and oxygen atoms in total. The molecule has 0 aliphatic carbocycles. The quantitative estimate of drug-likeness (QED) is 0.813. The van der Waals surface area contributed by atoms with Crippen molar-refractivity contribution in [3.05, 3.63) is 57.3 Å². The van der Waals surface area contributed by atoms with E-state index in [2.05, 4.69) is 21.2 Å². The van der Waals surface area contributed by atoms with Crippen LogP contribution >= 0.6 is 15.9 Å². The Morgan fingerprint density at radius 2 is 1.95 bits per heavy atom. The predicted molar refractivity (Wildman–Crippen MR) is 82.4 cm³/mol. The number of rotatable bonds is 2. The number of carbonyl (C=O) groups is 1. The number of halogens is 2. The molecule has 3 N–H and O–H groups in total. The van der Waals surface area contributed by atoms with Crippen LogP contribution in [0.1, 0.15) is 21.5 Å². The van der Waals surface area contributed by atoms with Gasteiger partial charge in [0, 0.05) is 10.0 Å². The van der Waals surface area contributed by atoms with Crippen molar-refractivity contribution in [2.75, 3.05) is 11.1 Å². The number of benzene rings is 2. The molecule has 0 aliphatic rings. The Labute approximate surface area is 125 Å². The fourth-order valence-electron chi connectivity index (χ4n) is 1.92. The number of carbonyl (C=O) groups excluding carboxylic acids is 1. The maximum Gasteiger partial charge on any atom is 0.256 e. The summed E-state index contributed by atoms with van der Waals surface area (Å²) in [7, 11) is 0. The molecule has 104 valence electrons. The van der Waals surface area contributed by atoms with Crippen LogP contribution in [0, 0.1) is 19.7 Å². The summed E-state index contributed by atoms with van der Waals surface area (Å²) in [6.07, 6.45) is 0. The van der Waals surface area contributed by atoms with Crippen LogP contribution < -0.4 is 11.1 Å². The molecular weight excluding hydrogens is 323 g/mol. The van der Waals surface area contributed by atoms with Gasteiger partial charge in [0.2, 0.25) is 0 Å². The van der Waals surface area contributed by atoms with Crippen LogP contribution in [0.15, 0.2) is 34.8 Å². The summed E-state index contributed by atoms with van der Waals surface area (Å²) in [4.78, 5) is 12.2. The van der Waals surface area contributed by atoms with Crippen molar-refractivity contribution in [3.8, 4) is 0 Å². The minimum Gasteiger partial charge on any atom is -0.397 e. The zero-order valence-corrected chi connectivity index (χ0v) is 12.7. The van der Waals surface area contributed by atoms with Crippen molar-refractivity contribution in [1.29, 1.82) is 0 Å². The molecule has 0 spiro atoms. The average molecular weight is 337 g/mol. The second-order valence-electron chi connectivity index (χ2n) is 4.62. The van der Waals surface area contributed by atoms with Gasteiger partial charge in [0.25, 0.3) is 5.91 Å². The van der Waals surface area contributed by atoms with E-state index in [1.807, 2.05) is 13.0 Å².